The van der Waals surface area contributed by atoms with Gasteiger partial charge in [-0.1, -0.05) is 49.6 Å². The molecule has 1 unspecified atom stereocenters. The Bertz CT molecular complexity index is 2930. The fraction of sp³-hybridized carbons (Fsp3) is 0.294. The van der Waals surface area contributed by atoms with Crippen LogP contribution in [0, 0.1) is 0 Å². The molecule has 3 N–H and O–H groups in total. The quantitative estimate of drug-likeness (QED) is 0.0894. The maximum absolute atomic E-state index is 14.2. The van der Waals surface area contributed by atoms with Gasteiger partial charge in [0.2, 0.25) is 5.82 Å². The lowest BCUT2D eigenvalue weighted by molar-refractivity contribution is -0.157. The molecule has 1 aliphatic carbocycles. The van der Waals surface area contributed by atoms with Crippen LogP contribution in [0.15, 0.2) is 109 Å². The second-order valence-electron chi connectivity index (χ2n) is 17.4. The van der Waals surface area contributed by atoms with E-state index in [0.717, 1.165) is 74.1 Å². The summed E-state index contributed by atoms with van der Waals surface area (Å²) in [7, 11) is 3.19. The zero-order chi connectivity index (χ0) is 45.1. The number of carbonyl (C=O) groups excluding carboxylic acids is 2. The molecule has 14 nitrogen and oxygen atoms in total. The smallest absolute Gasteiger partial charge is 0.329 e. The molecule has 1 amide bonds. The predicted molar refractivity (Wildman–Crippen MR) is 249 cm³/mol. The number of benzene rings is 5. The van der Waals surface area contributed by atoms with Gasteiger partial charge in [0.05, 0.1) is 25.3 Å². The van der Waals surface area contributed by atoms with Gasteiger partial charge in [-0.2, -0.15) is 5.21 Å². The average Bonchev–Trinajstić information content (AvgIpc) is 4.09. The number of aromatic amines is 2. The van der Waals surface area contributed by atoms with Gasteiger partial charge in [-0.25, -0.2) is 9.78 Å². The Morgan fingerprint density at radius 3 is 2.34 bits per heavy atom. The molecule has 0 bridgehead atoms. The van der Waals surface area contributed by atoms with Crippen LogP contribution in [0.5, 0.6) is 17.2 Å². The van der Waals surface area contributed by atoms with E-state index in [1.54, 1.807) is 26.4 Å². The molecule has 3 heterocycles. The number of tetrazole rings is 1. The van der Waals surface area contributed by atoms with Gasteiger partial charge in [-0.15, -0.1) is 10.2 Å². The number of fused-ring (bicyclic) bond motifs is 2. The van der Waals surface area contributed by atoms with Crippen molar-refractivity contribution in [2.45, 2.75) is 83.6 Å². The van der Waals surface area contributed by atoms with E-state index < -0.39 is 23.5 Å². The number of hydrogen-bond acceptors (Lipinski definition) is 10. The van der Waals surface area contributed by atoms with Crippen LogP contribution in [0.1, 0.15) is 80.5 Å². The molecule has 0 aliphatic heterocycles. The molecule has 1 fully saturated rings. The number of hydrogen-bond donors (Lipinski definition) is 3. The Hall–Kier alpha value is -7.48. The average molecular weight is 873 g/mol. The summed E-state index contributed by atoms with van der Waals surface area (Å²) >= 11 is 0. The summed E-state index contributed by atoms with van der Waals surface area (Å²) in [4.78, 5) is 36.4. The van der Waals surface area contributed by atoms with Gasteiger partial charge in [0, 0.05) is 40.4 Å². The number of aromatic nitrogens is 7. The molecule has 14 heteroatoms. The van der Waals surface area contributed by atoms with Crippen molar-refractivity contribution in [3.05, 3.63) is 126 Å². The first-order valence-corrected chi connectivity index (χ1v) is 22.0. The van der Waals surface area contributed by atoms with Crippen LogP contribution in [0.2, 0.25) is 0 Å². The summed E-state index contributed by atoms with van der Waals surface area (Å²) in [5, 5.41) is 18.6. The largest absolute Gasteiger partial charge is 0.493 e. The summed E-state index contributed by atoms with van der Waals surface area (Å²) < 4.78 is 25.9. The lowest BCUT2D eigenvalue weighted by Gasteiger charge is -2.25. The van der Waals surface area contributed by atoms with Gasteiger partial charge in [0.25, 0.3) is 5.91 Å². The third-order valence-electron chi connectivity index (χ3n) is 11.8. The third-order valence-corrected chi connectivity index (χ3v) is 11.8. The van der Waals surface area contributed by atoms with Gasteiger partial charge < -0.3 is 33.8 Å². The first-order chi connectivity index (χ1) is 31.5. The van der Waals surface area contributed by atoms with E-state index in [-0.39, 0.29) is 13.0 Å². The molecule has 65 heavy (non-hydrogen) atoms. The number of ether oxygens (including phenoxy) is 4. The number of rotatable bonds is 14. The minimum atomic E-state index is -0.961. The zero-order valence-electron chi connectivity index (χ0n) is 37.2. The van der Waals surface area contributed by atoms with Crippen molar-refractivity contribution in [2.24, 2.45) is 0 Å². The fourth-order valence-electron chi connectivity index (χ4n) is 8.71. The number of nitrogens with zero attached hydrogens (tertiary/aromatic N) is 5. The molecule has 0 saturated heterocycles. The van der Waals surface area contributed by atoms with E-state index in [9.17, 15) is 9.59 Å². The SMILES string of the molecule is COc1ccc(-c2ccc(C(=O)NC(Cc3cc4ccccc4[nH]3)C(=O)OC(C)(C)C)cc2COc2ccc(-c3nc4cc(-c5nn[nH]n5)ccc4n3C3CCCCC3)cc2)cc1OC. The van der Waals surface area contributed by atoms with Crippen molar-refractivity contribution in [2.75, 3.05) is 14.2 Å². The molecule has 332 valence electrons. The van der Waals surface area contributed by atoms with Crippen molar-refractivity contribution in [3.8, 4) is 51.2 Å². The highest BCUT2D eigenvalue weighted by molar-refractivity contribution is 5.98. The number of carbonyl (C=O) groups is 2. The summed E-state index contributed by atoms with van der Waals surface area (Å²) in [5.74, 6) is 2.27. The maximum Gasteiger partial charge on any atom is 0.329 e. The topological polar surface area (TPSA) is 171 Å². The van der Waals surface area contributed by atoms with Gasteiger partial charge in [0.15, 0.2) is 11.5 Å². The van der Waals surface area contributed by atoms with Crippen molar-refractivity contribution in [1.82, 2.24) is 40.5 Å². The Balaban J connectivity index is 1.01. The van der Waals surface area contributed by atoms with Crippen LogP contribution in [-0.4, -0.2) is 72.9 Å². The summed E-state index contributed by atoms with van der Waals surface area (Å²) in [5.41, 5.74) is 7.53. The number of methoxy groups -OCH3 is 2. The van der Waals surface area contributed by atoms with Crippen molar-refractivity contribution in [1.29, 1.82) is 0 Å². The maximum atomic E-state index is 14.2. The Morgan fingerprint density at radius 1 is 0.831 bits per heavy atom. The summed E-state index contributed by atoms with van der Waals surface area (Å²) in [6.07, 6.45) is 6.01. The minimum absolute atomic E-state index is 0.133. The molecule has 0 spiro atoms. The van der Waals surface area contributed by atoms with Crippen LogP contribution >= 0.6 is 0 Å². The van der Waals surface area contributed by atoms with Crippen molar-refractivity contribution >= 4 is 33.8 Å². The molecule has 0 radical (unpaired) electrons. The van der Waals surface area contributed by atoms with Crippen LogP contribution < -0.4 is 19.5 Å². The first-order valence-electron chi connectivity index (χ1n) is 22.0. The molecular weight excluding hydrogens is 821 g/mol. The second kappa shape index (κ2) is 18.3. The van der Waals surface area contributed by atoms with Gasteiger partial charge in [0.1, 0.15) is 29.8 Å². The third kappa shape index (κ3) is 9.42. The number of esters is 1. The number of amides is 1. The molecular formula is C51H52N8O6. The number of para-hydroxylation sites is 1. The highest BCUT2D eigenvalue weighted by Gasteiger charge is 2.29. The van der Waals surface area contributed by atoms with Crippen LogP contribution in [-0.2, 0) is 22.6 Å². The summed E-state index contributed by atoms with van der Waals surface area (Å²) in [6.45, 7) is 5.56. The van der Waals surface area contributed by atoms with Crippen LogP contribution in [0.3, 0.4) is 0 Å². The normalized spacial score (nSPS) is 13.7. The molecule has 3 aromatic heterocycles. The minimum Gasteiger partial charge on any atom is -0.493 e. The highest BCUT2D eigenvalue weighted by atomic mass is 16.6. The second-order valence-corrected chi connectivity index (χ2v) is 17.4. The van der Waals surface area contributed by atoms with E-state index >= 15 is 0 Å². The molecule has 8 aromatic rings. The van der Waals surface area contributed by atoms with Gasteiger partial charge in [-0.05, 0) is 140 Å². The van der Waals surface area contributed by atoms with Crippen LogP contribution in [0.4, 0.5) is 0 Å². The lowest BCUT2D eigenvalue weighted by Crippen LogP contribution is -2.45. The van der Waals surface area contributed by atoms with E-state index in [4.69, 9.17) is 23.9 Å². The van der Waals surface area contributed by atoms with E-state index in [2.05, 4.69) is 41.6 Å². The zero-order valence-corrected chi connectivity index (χ0v) is 37.2. The Labute approximate surface area is 376 Å². The van der Waals surface area contributed by atoms with Crippen LogP contribution in [0.25, 0.3) is 55.8 Å². The van der Waals surface area contributed by atoms with Gasteiger partial charge in [-0.3, -0.25) is 4.79 Å². The molecule has 1 saturated carbocycles. The fourth-order valence-corrected chi connectivity index (χ4v) is 8.71. The summed E-state index contributed by atoms with van der Waals surface area (Å²) in [6, 6.07) is 34.5. The Kier molecular flexibility index (Phi) is 12.1. The highest BCUT2D eigenvalue weighted by Crippen LogP contribution is 2.38. The molecule has 1 aliphatic rings. The van der Waals surface area contributed by atoms with E-state index in [0.29, 0.717) is 34.7 Å². The monoisotopic (exact) mass is 872 g/mol. The lowest BCUT2D eigenvalue weighted by atomic mass is 9.94. The van der Waals surface area contributed by atoms with E-state index in [1.165, 1.54) is 19.3 Å². The standard InChI is InChI=1S/C51H52N8O6/c1-51(2,3)65-50(61)43(29-37-26-33-11-9-10-14-41(33)52-37)54-49(60)35-17-22-40(32-19-24-45(62-4)46(28-32)63-5)36(25-35)30-64-39-20-15-31(16-21-39)48-53-42-27-34(47-55-57-58-56-47)18-23-44(42)59(48)38-12-7-6-8-13-38/h9-11,14-28,38,43,52H,6-8,12-13,29-30H2,1-5H3,(H,54,60)(H,55,56,57,58). The molecule has 1 atom stereocenters. The van der Waals surface area contributed by atoms with Gasteiger partial charge >= 0.3 is 5.97 Å². The van der Waals surface area contributed by atoms with E-state index in [1.807, 2.05) is 112 Å². The molecule has 5 aromatic carbocycles. The van der Waals surface area contributed by atoms with Crippen molar-refractivity contribution < 1.29 is 28.5 Å². The predicted octanol–water partition coefficient (Wildman–Crippen LogP) is 9.82. The first kappa shape index (κ1) is 42.8. The molecule has 9 rings (SSSR count). The number of nitrogens with one attached hydrogen (secondary N) is 3. The van der Waals surface area contributed by atoms with Crippen molar-refractivity contribution in [3.63, 3.8) is 0 Å². The number of imidazole rings is 1. The Morgan fingerprint density at radius 2 is 1.60 bits per heavy atom. The number of H-pyrrole nitrogens is 2.